The molecule has 4 rings (SSSR count). The Balaban J connectivity index is 1.92. The summed E-state index contributed by atoms with van der Waals surface area (Å²) >= 11 is 6.13. The molecule has 0 atom stereocenters. The third-order valence-corrected chi connectivity index (χ3v) is 4.36. The molecule has 0 amide bonds. The maximum absolute atomic E-state index is 6.13. The van der Waals surface area contributed by atoms with Crippen LogP contribution in [0.2, 0.25) is 5.02 Å². The van der Waals surface area contributed by atoms with E-state index in [1.807, 2.05) is 36.7 Å². The summed E-state index contributed by atoms with van der Waals surface area (Å²) in [4.78, 5) is 4.26. The topological polar surface area (TPSA) is 17.8 Å². The van der Waals surface area contributed by atoms with Crippen molar-refractivity contribution < 1.29 is 0 Å². The molecule has 112 valence electrons. The number of hydrogen-bond acceptors (Lipinski definition) is 1. The molecule has 23 heavy (non-hydrogen) atoms. The molecular formula is C20H15ClN2. The average molecular weight is 319 g/mol. The van der Waals surface area contributed by atoms with Gasteiger partial charge in [-0.25, -0.2) is 0 Å². The van der Waals surface area contributed by atoms with Crippen molar-refractivity contribution in [3.8, 4) is 16.8 Å². The number of aromatic nitrogens is 2. The van der Waals surface area contributed by atoms with E-state index in [1.54, 1.807) is 0 Å². The largest absolute Gasteiger partial charge is 0.315 e. The molecule has 0 fully saturated rings. The smallest absolute Gasteiger partial charge is 0.0668 e. The van der Waals surface area contributed by atoms with E-state index in [2.05, 4.69) is 53.0 Å². The maximum atomic E-state index is 6.13. The Kier molecular flexibility index (Phi) is 3.40. The fraction of sp³-hybridized carbons (Fsp3) is 0.0500. The first-order chi connectivity index (χ1) is 11.2. The highest BCUT2D eigenvalue weighted by molar-refractivity contribution is 6.30. The van der Waals surface area contributed by atoms with Crippen molar-refractivity contribution >= 4 is 22.5 Å². The van der Waals surface area contributed by atoms with Crippen LogP contribution in [0.4, 0.5) is 0 Å². The van der Waals surface area contributed by atoms with Gasteiger partial charge in [-0.05, 0) is 59.3 Å². The monoisotopic (exact) mass is 318 g/mol. The van der Waals surface area contributed by atoms with Gasteiger partial charge >= 0.3 is 0 Å². The number of fused-ring (bicyclic) bond motifs is 1. The molecule has 3 heteroatoms. The van der Waals surface area contributed by atoms with Crippen LogP contribution in [0.3, 0.4) is 0 Å². The molecule has 0 unspecified atom stereocenters. The Morgan fingerprint density at radius 2 is 1.83 bits per heavy atom. The van der Waals surface area contributed by atoms with Gasteiger partial charge in [-0.1, -0.05) is 35.9 Å². The molecule has 2 heterocycles. The summed E-state index contributed by atoms with van der Waals surface area (Å²) in [6.45, 7) is 2.10. The highest BCUT2D eigenvalue weighted by atomic mass is 35.5. The summed E-state index contributed by atoms with van der Waals surface area (Å²) in [5, 5.41) is 1.96. The Morgan fingerprint density at radius 3 is 2.65 bits per heavy atom. The van der Waals surface area contributed by atoms with E-state index < -0.39 is 0 Å². The zero-order chi connectivity index (χ0) is 15.8. The molecule has 0 aliphatic heterocycles. The molecule has 0 spiro atoms. The summed E-state index contributed by atoms with van der Waals surface area (Å²) in [5.74, 6) is 0. The molecule has 0 N–H and O–H groups in total. The van der Waals surface area contributed by atoms with Gasteiger partial charge < -0.3 is 4.57 Å². The molecular weight excluding hydrogens is 304 g/mol. The quantitative estimate of drug-likeness (QED) is 0.466. The molecule has 0 radical (unpaired) electrons. The van der Waals surface area contributed by atoms with Gasteiger partial charge in [0.25, 0.3) is 0 Å². The molecule has 2 nitrogen and oxygen atoms in total. The zero-order valence-corrected chi connectivity index (χ0v) is 13.5. The SMILES string of the molecule is Cc1ccncc1-n1ccc2ccc(-c3cccc(Cl)c3)cc21. The van der Waals surface area contributed by atoms with Crippen LogP contribution in [0.1, 0.15) is 5.56 Å². The summed E-state index contributed by atoms with van der Waals surface area (Å²) < 4.78 is 2.19. The molecule has 2 aromatic carbocycles. The lowest BCUT2D eigenvalue weighted by atomic mass is 10.0. The number of aryl methyl sites for hydroxylation is 1. The van der Waals surface area contributed by atoms with Gasteiger partial charge in [0.1, 0.15) is 0 Å². The predicted molar refractivity (Wildman–Crippen MR) is 96.3 cm³/mol. The second-order valence-corrected chi connectivity index (χ2v) is 6.07. The number of nitrogens with zero attached hydrogens (tertiary/aromatic N) is 2. The number of halogens is 1. The van der Waals surface area contributed by atoms with Crippen LogP contribution in [0.15, 0.2) is 73.2 Å². The first-order valence-corrected chi connectivity index (χ1v) is 7.88. The predicted octanol–water partition coefficient (Wildman–Crippen LogP) is 5.65. The number of rotatable bonds is 2. The van der Waals surface area contributed by atoms with Crippen molar-refractivity contribution in [2.75, 3.05) is 0 Å². The van der Waals surface area contributed by atoms with Gasteiger partial charge in [0.05, 0.1) is 17.4 Å². The summed E-state index contributed by atoms with van der Waals surface area (Å²) in [7, 11) is 0. The lowest BCUT2D eigenvalue weighted by Crippen LogP contribution is -1.96. The van der Waals surface area contributed by atoms with Crippen molar-refractivity contribution in [2.45, 2.75) is 6.92 Å². The van der Waals surface area contributed by atoms with E-state index in [0.29, 0.717) is 0 Å². The van der Waals surface area contributed by atoms with Crippen molar-refractivity contribution in [1.29, 1.82) is 0 Å². The van der Waals surface area contributed by atoms with Crippen LogP contribution in [0.25, 0.3) is 27.7 Å². The molecule has 0 saturated carbocycles. The number of pyridine rings is 1. The van der Waals surface area contributed by atoms with Crippen LogP contribution >= 0.6 is 11.6 Å². The molecule has 2 aromatic heterocycles. The van der Waals surface area contributed by atoms with E-state index in [-0.39, 0.29) is 0 Å². The maximum Gasteiger partial charge on any atom is 0.0668 e. The molecule has 0 aliphatic rings. The Bertz CT molecular complexity index is 1000. The second-order valence-electron chi connectivity index (χ2n) is 5.63. The van der Waals surface area contributed by atoms with E-state index in [9.17, 15) is 0 Å². The molecule has 4 aromatic rings. The lowest BCUT2D eigenvalue weighted by molar-refractivity contribution is 1.07. The third kappa shape index (κ3) is 2.51. The highest BCUT2D eigenvalue weighted by Crippen LogP contribution is 2.29. The fourth-order valence-electron chi connectivity index (χ4n) is 2.89. The lowest BCUT2D eigenvalue weighted by Gasteiger charge is -2.09. The van der Waals surface area contributed by atoms with E-state index in [1.165, 1.54) is 16.5 Å². The average Bonchev–Trinajstić information content (AvgIpc) is 2.98. The summed E-state index contributed by atoms with van der Waals surface area (Å²) in [6, 6.07) is 18.6. The van der Waals surface area contributed by atoms with Crippen LogP contribution in [-0.4, -0.2) is 9.55 Å². The fourth-order valence-corrected chi connectivity index (χ4v) is 3.08. The minimum Gasteiger partial charge on any atom is -0.315 e. The Hall–Kier alpha value is -2.58. The van der Waals surface area contributed by atoms with Gasteiger partial charge in [-0.3, -0.25) is 4.98 Å². The van der Waals surface area contributed by atoms with Crippen molar-refractivity contribution in [3.05, 3.63) is 83.8 Å². The van der Waals surface area contributed by atoms with Gasteiger partial charge in [-0.2, -0.15) is 0 Å². The molecule has 0 aliphatic carbocycles. The first kappa shape index (κ1) is 14.0. The minimum atomic E-state index is 0.751. The van der Waals surface area contributed by atoms with E-state index in [0.717, 1.165) is 21.8 Å². The van der Waals surface area contributed by atoms with Gasteiger partial charge in [0.2, 0.25) is 0 Å². The third-order valence-electron chi connectivity index (χ3n) is 4.12. The first-order valence-electron chi connectivity index (χ1n) is 7.50. The van der Waals surface area contributed by atoms with Gasteiger partial charge in [-0.15, -0.1) is 0 Å². The van der Waals surface area contributed by atoms with Gasteiger partial charge in [0, 0.05) is 17.4 Å². The van der Waals surface area contributed by atoms with Crippen molar-refractivity contribution in [2.24, 2.45) is 0 Å². The van der Waals surface area contributed by atoms with Crippen molar-refractivity contribution in [1.82, 2.24) is 9.55 Å². The Labute approximate surface area is 140 Å². The zero-order valence-electron chi connectivity index (χ0n) is 12.7. The second kappa shape index (κ2) is 5.56. The number of benzene rings is 2. The molecule has 0 bridgehead atoms. The van der Waals surface area contributed by atoms with E-state index >= 15 is 0 Å². The van der Waals surface area contributed by atoms with Crippen LogP contribution < -0.4 is 0 Å². The van der Waals surface area contributed by atoms with Crippen LogP contribution in [0, 0.1) is 6.92 Å². The normalized spacial score (nSPS) is 11.0. The van der Waals surface area contributed by atoms with E-state index in [4.69, 9.17) is 11.6 Å². The molecule has 0 saturated heterocycles. The van der Waals surface area contributed by atoms with Crippen LogP contribution in [0.5, 0.6) is 0 Å². The standard InChI is InChI=1S/C20H15ClN2/c1-14-7-9-22-13-20(14)23-10-8-15-5-6-17(12-19(15)23)16-3-2-4-18(21)11-16/h2-13H,1H3. The van der Waals surface area contributed by atoms with Gasteiger partial charge in [0.15, 0.2) is 0 Å². The summed E-state index contributed by atoms with van der Waals surface area (Å²) in [6.07, 6.45) is 5.82. The van der Waals surface area contributed by atoms with Crippen LogP contribution in [-0.2, 0) is 0 Å². The Morgan fingerprint density at radius 1 is 0.957 bits per heavy atom. The van der Waals surface area contributed by atoms with Crippen molar-refractivity contribution in [3.63, 3.8) is 0 Å². The summed E-state index contributed by atoms with van der Waals surface area (Å²) in [5.41, 5.74) is 5.74. The minimum absolute atomic E-state index is 0.751. The highest BCUT2D eigenvalue weighted by Gasteiger charge is 2.08. The number of hydrogen-bond donors (Lipinski definition) is 0.